The highest BCUT2D eigenvalue weighted by molar-refractivity contribution is 6.22. The van der Waals surface area contributed by atoms with Crippen LogP contribution in [-0.2, 0) is 14.4 Å². The molecule has 0 aliphatic carbocycles. The van der Waals surface area contributed by atoms with E-state index in [9.17, 15) is 14.4 Å². The summed E-state index contributed by atoms with van der Waals surface area (Å²) in [5.41, 5.74) is 9.41. The summed E-state index contributed by atoms with van der Waals surface area (Å²) in [5, 5.41) is 2.63. The van der Waals surface area contributed by atoms with Gasteiger partial charge in [-0.1, -0.05) is 48.5 Å². The Labute approximate surface area is 192 Å². The van der Waals surface area contributed by atoms with Crippen LogP contribution in [0.25, 0.3) is 11.1 Å². The van der Waals surface area contributed by atoms with Crippen LogP contribution in [0.2, 0.25) is 0 Å². The minimum Gasteiger partial charge on any atom is -0.484 e. The first-order valence-corrected chi connectivity index (χ1v) is 10.7. The van der Waals surface area contributed by atoms with Gasteiger partial charge in [0.1, 0.15) is 11.8 Å². The van der Waals surface area contributed by atoms with Gasteiger partial charge in [-0.3, -0.25) is 14.4 Å². The van der Waals surface area contributed by atoms with Gasteiger partial charge in [0.05, 0.1) is 11.6 Å². The van der Waals surface area contributed by atoms with E-state index in [1.165, 1.54) is 0 Å². The van der Waals surface area contributed by atoms with Gasteiger partial charge in [0.25, 0.3) is 11.8 Å². The van der Waals surface area contributed by atoms with Gasteiger partial charge in [0.2, 0.25) is 5.91 Å². The zero-order chi connectivity index (χ0) is 23.5. The molecule has 0 bridgehead atoms. The van der Waals surface area contributed by atoms with E-state index in [-0.39, 0.29) is 12.5 Å². The Kier molecular flexibility index (Phi) is 6.13. The lowest BCUT2D eigenvalue weighted by atomic mass is 9.92. The number of nitrogens with two attached hydrogens (primary N) is 1. The summed E-state index contributed by atoms with van der Waals surface area (Å²) in [5.74, 6) is -1.41. The maximum atomic E-state index is 13.5. The first-order chi connectivity index (χ1) is 15.9. The zero-order valence-corrected chi connectivity index (χ0v) is 18.4. The van der Waals surface area contributed by atoms with Gasteiger partial charge in [0.15, 0.2) is 6.61 Å². The van der Waals surface area contributed by atoms with E-state index < -0.39 is 23.8 Å². The van der Waals surface area contributed by atoms with Gasteiger partial charge >= 0.3 is 0 Å². The van der Waals surface area contributed by atoms with Gasteiger partial charge in [-0.05, 0) is 49.2 Å². The molecule has 0 aromatic heterocycles. The Bertz CT molecular complexity index is 1210. The minimum atomic E-state index is -0.955. The molecule has 1 heterocycles. The Hall–Kier alpha value is -4.13. The molecule has 0 saturated carbocycles. The molecule has 0 saturated heterocycles. The molecule has 4 rings (SSSR count). The second-order valence-corrected chi connectivity index (χ2v) is 7.95. The Morgan fingerprint density at radius 1 is 1.03 bits per heavy atom. The smallest absolute Gasteiger partial charge is 0.258 e. The fourth-order valence-corrected chi connectivity index (χ4v) is 4.02. The van der Waals surface area contributed by atoms with Gasteiger partial charge in [0, 0.05) is 11.3 Å². The molecule has 1 aliphatic heterocycles. The molecule has 0 spiro atoms. The number of ether oxygens (including phenoxy) is 1. The van der Waals surface area contributed by atoms with Crippen molar-refractivity contribution in [2.75, 3.05) is 17.2 Å². The van der Waals surface area contributed by atoms with E-state index in [2.05, 4.69) is 5.32 Å². The largest absolute Gasteiger partial charge is 0.484 e. The average molecular weight is 444 g/mol. The van der Waals surface area contributed by atoms with Crippen molar-refractivity contribution in [1.82, 2.24) is 5.32 Å². The summed E-state index contributed by atoms with van der Waals surface area (Å²) in [6.07, 6.45) is 0. The molecule has 1 aliphatic rings. The Balaban J connectivity index is 1.60. The fraction of sp³-hybridized carbons (Fsp3) is 0.192. The highest BCUT2D eigenvalue weighted by Gasteiger charge is 2.37. The maximum Gasteiger partial charge on any atom is 0.258 e. The zero-order valence-electron chi connectivity index (χ0n) is 18.4. The van der Waals surface area contributed by atoms with Crippen molar-refractivity contribution < 1.29 is 19.1 Å². The Morgan fingerprint density at radius 2 is 1.73 bits per heavy atom. The van der Waals surface area contributed by atoms with Crippen LogP contribution in [0.1, 0.15) is 25.3 Å². The number of nitrogen functional groups attached to an aromatic ring is 1. The molecule has 3 aromatic carbocycles. The molecule has 7 heteroatoms. The number of hydrogen-bond donors (Lipinski definition) is 2. The van der Waals surface area contributed by atoms with Crippen LogP contribution >= 0.6 is 0 Å². The third-order valence-electron chi connectivity index (χ3n) is 5.68. The van der Waals surface area contributed by atoms with Crippen molar-refractivity contribution >= 4 is 29.1 Å². The molecule has 33 heavy (non-hydrogen) atoms. The van der Waals surface area contributed by atoms with Crippen LogP contribution in [0.5, 0.6) is 5.75 Å². The molecule has 0 radical (unpaired) electrons. The fourth-order valence-electron chi connectivity index (χ4n) is 4.02. The lowest BCUT2D eigenvalue weighted by Gasteiger charge is -2.26. The van der Waals surface area contributed by atoms with Crippen molar-refractivity contribution in [3.05, 3.63) is 78.4 Å². The van der Waals surface area contributed by atoms with E-state index in [1.54, 1.807) is 56.3 Å². The maximum absolute atomic E-state index is 13.5. The quantitative estimate of drug-likeness (QED) is 0.588. The van der Waals surface area contributed by atoms with Gasteiger partial charge in [-0.2, -0.15) is 0 Å². The van der Waals surface area contributed by atoms with Gasteiger partial charge in [-0.15, -0.1) is 0 Å². The number of rotatable bonds is 5. The van der Waals surface area contributed by atoms with E-state index in [4.69, 9.17) is 10.5 Å². The van der Waals surface area contributed by atoms with Crippen LogP contribution in [0.15, 0.2) is 72.8 Å². The SMILES string of the molecule is CC1C(=O)N(C(=O)[C@H](C)NC(=O)COc2ccccc2)c2cccc(N)c2-c2ccccc21. The van der Waals surface area contributed by atoms with Crippen molar-refractivity contribution in [3.63, 3.8) is 0 Å². The normalized spacial score (nSPS) is 15.6. The van der Waals surface area contributed by atoms with Crippen molar-refractivity contribution in [2.24, 2.45) is 0 Å². The van der Waals surface area contributed by atoms with Gasteiger partial charge in [-0.25, -0.2) is 4.90 Å². The molecule has 3 amide bonds. The van der Waals surface area contributed by atoms with Crippen LogP contribution in [-0.4, -0.2) is 30.4 Å². The van der Waals surface area contributed by atoms with Crippen molar-refractivity contribution in [1.29, 1.82) is 0 Å². The highest BCUT2D eigenvalue weighted by Crippen LogP contribution is 2.44. The number of benzene rings is 3. The number of nitrogens with zero attached hydrogens (tertiary/aromatic N) is 1. The number of anilines is 2. The van der Waals surface area contributed by atoms with Crippen LogP contribution in [0.4, 0.5) is 11.4 Å². The Morgan fingerprint density at radius 3 is 2.48 bits per heavy atom. The van der Waals surface area contributed by atoms with Gasteiger partial charge < -0.3 is 15.8 Å². The number of fused-ring (bicyclic) bond motifs is 3. The number of nitrogens with one attached hydrogen (secondary N) is 1. The standard InChI is InChI=1S/C26H25N3O4/c1-16-19-11-6-7-12-20(19)24-21(27)13-8-14-22(24)29(25(16)31)26(32)17(2)28-23(30)15-33-18-9-4-3-5-10-18/h3-14,16-17H,15,27H2,1-2H3,(H,28,30)/t16?,17-/m0/s1. The highest BCUT2D eigenvalue weighted by atomic mass is 16.5. The topological polar surface area (TPSA) is 102 Å². The molecule has 1 unspecified atom stereocenters. The van der Waals surface area contributed by atoms with E-state index >= 15 is 0 Å². The molecule has 2 atom stereocenters. The molecule has 0 fully saturated rings. The van der Waals surface area contributed by atoms with Crippen molar-refractivity contribution in [3.8, 4) is 16.9 Å². The first kappa shape index (κ1) is 22.1. The number of amides is 3. The second-order valence-electron chi connectivity index (χ2n) is 7.95. The second kappa shape index (κ2) is 9.16. The monoisotopic (exact) mass is 443 g/mol. The number of carbonyl (C=O) groups excluding carboxylic acids is 3. The van der Waals surface area contributed by atoms with E-state index in [1.807, 2.05) is 30.3 Å². The van der Waals surface area contributed by atoms with E-state index in [0.717, 1.165) is 16.0 Å². The molecule has 3 N–H and O–H groups in total. The number of imide groups is 1. The summed E-state index contributed by atoms with van der Waals surface area (Å²) >= 11 is 0. The number of para-hydroxylation sites is 1. The molecule has 7 nitrogen and oxygen atoms in total. The summed E-state index contributed by atoms with van der Waals surface area (Å²) in [7, 11) is 0. The van der Waals surface area contributed by atoms with Crippen molar-refractivity contribution in [2.45, 2.75) is 25.8 Å². The summed E-state index contributed by atoms with van der Waals surface area (Å²) in [4.78, 5) is 40.4. The number of carbonyl (C=O) groups is 3. The third-order valence-corrected chi connectivity index (χ3v) is 5.68. The predicted octanol–water partition coefficient (Wildman–Crippen LogP) is 3.50. The summed E-state index contributed by atoms with van der Waals surface area (Å²) < 4.78 is 5.45. The summed E-state index contributed by atoms with van der Waals surface area (Å²) in [6, 6.07) is 20.6. The lowest BCUT2D eigenvalue weighted by molar-refractivity contribution is -0.131. The average Bonchev–Trinajstić information content (AvgIpc) is 2.92. The van der Waals surface area contributed by atoms with Crippen LogP contribution in [0, 0.1) is 0 Å². The molecular weight excluding hydrogens is 418 g/mol. The van der Waals surface area contributed by atoms with Crippen LogP contribution in [0.3, 0.4) is 0 Å². The molecular formula is C26H25N3O4. The first-order valence-electron chi connectivity index (χ1n) is 10.7. The van der Waals surface area contributed by atoms with E-state index in [0.29, 0.717) is 22.7 Å². The van der Waals surface area contributed by atoms with Crippen LogP contribution < -0.4 is 20.7 Å². The predicted molar refractivity (Wildman–Crippen MR) is 127 cm³/mol. The number of hydrogen-bond acceptors (Lipinski definition) is 5. The lowest BCUT2D eigenvalue weighted by Crippen LogP contribution is -2.51. The third kappa shape index (κ3) is 4.30. The molecule has 3 aromatic rings. The summed E-state index contributed by atoms with van der Waals surface area (Å²) in [6.45, 7) is 3.06. The minimum absolute atomic E-state index is 0.249. The molecule has 168 valence electrons.